The van der Waals surface area contributed by atoms with E-state index in [1.54, 1.807) is 13.2 Å². The number of carbonyl (C=O) groups excluding carboxylic acids is 1. The van der Waals surface area contributed by atoms with E-state index < -0.39 is 0 Å². The van der Waals surface area contributed by atoms with Crippen molar-refractivity contribution in [3.63, 3.8) is 0 Å². The highest BCUT2D eigenvalue weighted by Gasteiger charge is 2.12. The molecule has 0 fully saturated rings. The Morgan fingerprint density at radius 3 is 3.17 bits per heavy atom. The van der Waals surface area contributed by atoms with Gasteiger partial charge in [-0.25, -0.2) is 0 Å². The van der Waals surface area contributed by atoms with Gasteiger partial charge in [-0.3, -0.25) is 10.2 Å². The summed E-state index contributed by atoms with van der Waals surface area (Å²) in [5, 5.41) is 2.10. The third-order valence-electron chi connectivity index (χ3n) is 1.15. The van der Waals surface area contributed by atoms with Crippen molar-refractivity contribution in [2.75, 3.05) is 19.9 Å². The molecular formula is C6H10N2O3S. The van der Waals surface area contributed by atoms with E-state index >= 15 is 0 Å². The number of nitrogens with zero attached hydrogens (tertiary/aromatic N) is 1. The minimum absolute atomic E-state index is 0.262. The molecule has 1 rings (SSSR count). The van der Waals surface area contributed by atoms with Gasteiger partial charge in [-0.15, -0.1) is 0 Å². The lowest BCUT2D eigenvalue weighted by Gasteiger charge is -2.07. The highest BCUT2D eigenvalue weighted by molar-refractivity contribution is 8.03. The largest absolute Gasteiger partial charge is 0.468 e. The molecule has 12 heavy (non-hydrogen) atoms. The van der Waals surface area contributed by atoms with Gasteiger partial charge < -0.3 is 9.57 Å². The molecule has 0 aromatic rings. The van der Waals surface area contributed by atoms with Gasteiger partial charge in [0.05, 0.1) is 19.1 Å². The molecule has 1 N–H and O–H groups in total. The molecule has 0 saturated heterocycles. The summed E-state index contributed by atoms with van der Waals surface area (Å²) < 4.78 is 4.46. The summed E-state index contributed by atoms with van der Waals surface area (Å²) in [5.41, 5.74) is 2.79. The summed E-state index contributed by atoms with van der Waals surface area (Å²) >= 11 is 1.28. The SMILES string of the molecule is COC(=O)CSC1=CNN(C)O1. The molecule has 0 spiro atoms. The Hall–Kier alpha value is -0.880. The summed E-state index contributed by atoms with van der Waals surface area (Å²) in [6.45, 7) is 0. The van der Waals surface area contributed by atoms with E-state index in [2.05, 4.69) is 10.2 Å². The van der Waals surface area contributed by atoms with Crippen LogP contribution in [0.1, 0.15) is 0 Å². The van der Waals surface area contributed by atoms with Crippen LogP contribution in [0.2, 0.25) is 0 Å². The minimum Gasteiger partial charge on any atom is -0.468 e. The molecule has 0 saturated carbocycles. The van der Waals surface area contributed by atoms with Gasteiger partial charge in [-0.2, -0.15) is 0 Å². The molecule has 0 atom stereocenters. The number of hydrazine groups is 1. The van der Waals surface area contributed by atoms with E-state index in [9.17, 15) is 4.79 Å². The zero-order valence-electron chi connectivity index (χ0n) is 6.86. The Labute approximate surface area is 74.6 Å². The summed E-state index contributed by atoms with van der Waals surface area (Å²) in [6, 6.07) is 0. The lowest BCUT2D eigenvalue weighted by Crippen LogP contribution is -2.22. The van der Waals surface area contributed by atoms with Gasteiger partial charge in [0.15, 0.2) is 0 Å². The Kier molecular flexibility index (Phi) is 3.24. The second-order valence-corrected chi connectivity index (χ2v) is 3.03. The maximum atomic E-state index is 10.7. The fraction of sp³-hybridized carbons (Fsp3) is 0.500. The van der Waals surface area contributed by atoms with Gasteiger partial charge in [-0.05, 0) is 0 Å². The first kappa shape index (κ1) is 9.21. The van der Waals surface area contributed by atoms with E-state index in [1.165, 1.54) is 24.0 Å². The van der Waals surface area contributed by atoms with Crippen molar-refractivity contribution in [3.05, 3.63) is 11.3 Å². The Morgan fingerprint density at radius 1 is 1.92 bits per heavy atom. The standard InChI is InChI=1S/C6H10N2O3S/c1-8-7-3-6(11-8)12-4-5(9)10-2/h3,7H,4H2,1-2H3. The van der Waals surface area contributed by atoms with Crippen LogP contribution in [0.15, 0.2) is 11.3 Å². The number of hydrogen-bond acceptors (Lipinski definition) is 6. The van der Waals surface area contributed by atoms with Gasteiger partial charge >= 0.3 is 5.97 Å². The van der Waals surface area contributed by atoms with Gasteiger partial charge in [0, 0.05) is 7.05 Å². The van der Waals surface area contributed by atoms with E-state index in [1.807, 2.05) is 0 Å². The van der Waals surface area contributed by atoms with E-state index in [4.69, 9.17) is 4.84 Å². The molecule has 0 bridgehead atoms. The van der Waals surface area contributed by atoms with Crippen LogP contribution < -0.4 is 5.43 Å². The van der Waals surface area contributed by atoms with Crippen molar-refractivity contribution < 1.29 is 14.4 Å². The third kappa shape index (κ3) is 2.63. The monoisotopic (exact) mass is 190 g/mol. The summed E-state index contributed by atoms with van der Waals surface area (Å²) in [6.07, 6.45) is 1.67. The van der Waals surface area contributed by atoms with E-state index in [0.717, 1.165) is 0 Å². The van der Waals surface area contributed by atoms with Crippen molar-refractivity contribution in [2.24, 2.45) is 0 Å². The lowest BCUT2D eigenvalue weighted by atomic mass is 10.8. The topological polar surface area (TPSA) is 50.8 Å². The molecule has 1 aliphatic rings. The number of rotatable bonds is 3. The highest BCUT2D eigenvalue weighted by atomic mass is 32.2. The lowest BCUT2D eigenvalue weighted by molar-refractivity contribution is -0.137. The second-order valence-electron chi connectivity index (χ2n) is 2.05. The van der Waals surface area contributed by atoms with Crippen molar-refractivity contribution in [2.45, 2.75) is 0 Å². The summed E-state index contributed by atoms with van der Waals surface area (Å²) in [7, 11) is 3.08. The first-order valence-corrected chi connectivity index (χ1v) is 4.28. The zero-order chi connectivity index (χ0) is 8.97. The second kappa shape index (κ2) is 4.22. The highest BCUT2D eigenvalue weighted by Crippen LogP contribution is 2.19. The van der Waals surface area contributed by atoms with Crippen LogP contribution in [-0.2, 0) is 14.4 Å². The molecule has 0 amide bonds. The first-order valence-electron chi connectivity index (χ1n) is 3.30. The fourth-order valence-electron chi connectivity index (χ4n) is 0.588. The number of ether oxygens (including phenoxy) is 1. The molecule has 68 valence electrons. The molecule has 0 radical (unpaired) electrons. The van der Waals surface area contributed by atoms with Crippen LogP contribution in [0.5, 0.6) is 0 Å². The Morgan fingerprint density at radius 2 is 2.67 bits per heavy atom. The van der Waals surface area contributed by atoms with E-state index in [-0.39, 0.29) is 11.7 Å². The molecular weight excluding hydrogens is 180 g/mol. The minimum atomic E-state index is -0.265. The van der Waals surface area contributed by atoms with Crippen molar-refractivity contribution in [1.82, 2.24) is 10.6 Å². The fourth-order valence-corrected chi connectivity index (χ4v) is 1.27. The predicted molar refractivity (Wildman–Crippen MR) is 44.5 cm³/mol. The van der Waals surface area contributed by atoms with Crippen LogP contribution in [0, 0.1) is 0 Å². The summed E-state index contributed by atoms with van der Waals surface area (Å²) in [4.78, 5) is 15.8. The third-order valence-corrected chi connectivity index (χ3v) is 2.01. The van der Waals surface area contributed by atoms with Crippen LogP contribution >= 0.6 is 11.8 Å². The number of hydrogen-bond donors (Lipinski definition) is 1. The number of methoxy groups -OCH3 is 1. The average Bonchev–Trinajstić information content (AvgIpc) is 2.47. The molecule has 0 aromatic carbocycles. The van der Waals surface area contributed by atoms with E-state index in [0.29, 0.717) is 5.09 Å². The Balaban J connectivity index is 2.20. The molecule has 1 heterocycles. The number of nitrogens with one attached hydrogen (secondary N) is 1. The van der Waals surface area contributed by atoms with Crippen LogP contribution in [0.4, 0.5) is 0 Å². The molecule has 1 aliphatic heterocycles. The predicted octanol–water partition coefficient (Wildman–Crippen LogP) is 0.0731. The maximum absolute atomic E-state index is 10.7. The molecule has 0 unspecified atom stereocenters. The first-order chi connectivity index (χ1) is 5.72. The molecule has 5 nitrogen and oxygen atoms in total. The Bertz CT molecular complexity index is 207. The molecule has 0 aliphatic carbocycles. The summed E-state index contributed by atoms with van der Waals surface area (Å²) in [5.74, 6) is -0.00301. The van der Waals surface area contributed by atoms with Crippen molar-refractivity contribution >= 4 is 17.7 Å². The molecule has 6 heteroatoms. The van der Waals surface area contributed by atoms with Gasteiger partial charge in [0.25, 0.3) is 0 Å². The zero-order valence-corrected chi connectivity index (χ0v) is 7.68. The maximum Gasteiger partial charge on any atom is 0.316 e. The van der Waals surface area contributed by atoms with Gasteiger partial charge in [0.2, 0.25) is 5.09 Å². The number of thioether (sulfide) groups is 1. The van der Waals surface area contributed by atoms with Crippen LogP contribution in [-0.4, -0.2) is 31.1 Å². The normalized spacial score (nSPS) is 16.3. The quantitative estimate of drug-likeness (QED) is 0.636. The van der Waals surface area contributed by atoms with Crippen LogP contribution in [0.3, 0.4) is 0 Å². The molecule has 0 aromatic heterocycles. The number of carbonyl (C=O) groups is 1. The van der Waals surface area contributed by atoms with Gasteiger partial charge in [0.1, 0.15) is 0 Å². The average molecular weight is 190 g/mol. The van der Waals surface area contributed by atoms with Crippen molar-refractivity contribution in [3.8, 4) is 0 Å². The van der Waals surface area contributed by atoms with Crippen molar-refractivity contribution in [1.29, 1.82) is 0 Å². The van der Waals surface area contributed by atoms with Crippen LogP contribution in [0.25, 0.3) is 0 Å². The van der Waals surface area contributed by atoms with Gasteiger partial charge in [-0.1, -0.05) is 16.9 Å². The smallest absolute Gasteiger partial charge is 0.316 e. The number of esters is 1. The number of hydroxylamine groups is 1.